The molecule has 0 aromatic heterocycles. The fourth-order valence-electron chi connectivity index (χ4n) is 4.72. The standard InChI is InChI=1S/C33H33ClFN3O5S/c1-3-43-31-16-10-9-15-29(31)38(44(41,42)27-19-17-26(34)18-20-27)23-32(39)37(22-25-13-7-8-14-28(25)35)30(33(40)36-2)21-24-11-5-4-6-12-24/h4-20,30H,3,21-23H2,1-2H3,(H,36,40)/t30-/m1/s1. The van der Waals surface area contributed by atoms with E-state index >= 15 is 0 Å². The van der Waals surface area contributed by atoms with Crippen LogP contribution >= 0.6 is 11.6 Å². The van der Waals surface area contributed by atoms with Crippen LogP contribution in [0.1, 0.15) is 18.1 Å². The molecule has 0 aliphatic carbocycles. The van der Waals surface area contributed by atoms with Crippen molar-refractivity contribution in [3.8, 4) is 5.75 Å². The third kappa shape index (κ3) is 7.75. The number of hydrogen-bond donors (Lipinski definition) is 1. The number of rotatable bonds is 13. The van der Waals surface area contributed by atoms with Crippen LogP contribution in [0.25, 0.3) is 0 Å². The van der Waals surface area contributed by atoms with Crippen molar-refractivity contribution >= 4 is 39.1 Å². The molecule has 0 aliphatic rings. The lowest BCUT2D eigenvalue weighted by molar-refractivity contribution is -0.139. The highest BCUT2D eigenvalue weighted by molar-refractivity contribution is 7.92. The number of ether oxygens (including phenoxy) is 1. The first-order valence-corrected chi connectivity index (χ1v) is 15.8. The summed E-state index contributed by atoms with van der Waals surface area (Å²) < 4.78 is 49.9. The highest BCUT2D eigenvalue weighted by atomic mass is 35.5. The molecule has 2 amide bonds. The first kappa shape index (κ1) is 32.5. The molecule has 0 radical (unpaired) electrons. The molecule has 230 valence electrons. The molecule has 0 spiro atoms. The SMILES string of the molecule is CCOc1ccccc1N(CC(=O)N(Cc1ccccc1F)[C@H](Cc1ccccc1)C(=O)NC)S(=O)(=O)c1ccc(Cl)cc1. The van der Waals surface area contributed by atoms with Gasteiger partial charge in [-0.25, -0.2) is 12.8 Å². The zero-order valence-corrected chi connectivity index (χ0v) is 25.9. The number of para-hydroxylation sites is 2. The number of sulfonamides is 1. The molecule has 4 rings (SSSR count). The number of nitrogens with zero attached hydrogens (tertiary/aromatic N) is 2. The Morgan fingerprint density at radius 1 is 0.909 bits per heavy atom. The molecule has 0 aliphatic heterocycles. The Labute approximate surface area is 262 Å². The van der Waals surface area contributed by atoms with Gasteiger partial charge in [0, 0.05) is 30.6 Å². The van der Waals surface area contributed by atoms with E-state index in [4.69, 9.17) is 16.3 Å². The van der Waals surface area contributed by atoms with Gasteiger partial charge in [-0.2, -0.15) is 0 Å². The third-order valence-electron chi connectivity index (χ3n) is 6.93. The molecular weight excluding hydrogens is 605 g/mol. The number of likely N-dealkylation sites (N-methyl/N-ethyl adjacent to an activating group) is 1. The maximum Gasteiger partial charge on any atom is 0.264 e. The Morgan fingerprint density at radius 3 is 2.20 bits per heavy atom. The van der Waals surface area contributed by atoms with E-state index in [2.05, 4.69) is 5.32 Å². The molecule has 0 bridgehead atoms. The number of benzene rings is 4. The second kappa shape index (κ2) is 14.9. The van der Waals surface area contributed by atoms with Crippen molar-refractivity contribution < 1.29 is 27.1 Å². The number of carbonyl (C=O) groups excluding carboxylic acids is 2. The van der Waals surface area contributed by atoms with E-state index in [0.717, 1.165) is 9.87 Å². The number of hydrogen-bond acceptors (Lipinski definition) is 5. The Morgan fingerprint density at radius 2 is 1.55 bits per heavy atom. The van der Waals surface area contributed by atoms with Crippen molar-refractivity contribution in [1.29, 1.82) is 0 Å². The van der Waals surface area contributed by atoms with Crippen LogP contribution in [-0.4, -0.2) is 51.4 Å². The van der Waals surface area contributed by atoms with Crippen LogP contribution in [0.2, 0.25) is 5.02 Å². The highest BCUT2D eigenvalue weighted by Crippen LogP contribution is 2.33. The summed E-state index contributed by atoms with van der Waals surface area (Å²) in [6.07, 6.45) is 0.111. The Balaban J connectivity index is 1.83. The van der Waals surface area contributed by atoms with Gasteiger partial charge in [0.15, 0.2) is 0 Å². The molecule has 0 fully saturated rings. The van der Waals surface area contributed by atoms with E-state index in [1.165, 1.54) is 60.5 Å². The van der Waals surface area contributed by atoms with Gasteiger partial charge in [0.1, 0.15) is 24.2 Å². The Hall–Kier alpha value is -4.41. The minimum atomic E-state index is -4.36. The summed E-state index contributed by atoms with van der Waals surface area (Å²) >= 11 is 6.03. The van der Waals surface area contributed by atoms with E-state index in [1.54, 1.807) is 31.2 Å². The van der Waals surface area contributed by atoms with Crippen LogP contribution < -0.4 is 14.4 Å². The van der Waals surface area contributed by atoms with E-state index in [0.29, 0.717) is 5.02 Å². The molecule has 0 heterocycles. The highest BCUT2D eigenvalue weighted by Gasteiger charge is 2.35. The quantitative estimate of drug-likeness (QED) is 0.210. The Bertz CT molecular complexity index is 1690. The zero-order chi connectivity index (χ0) is 31.7. The summed E-state index contributed by atoms with van der Waals surface area (Å²) in [6.45, 7) is 1.02. The van der Waals surface area contributed by atoms with Crippen LogP contribution in [0, 0.1) is 5.82 Å². The van der Waals surface area contributed by atoms with Gasteiger partial charge >= 0.3 is 0 Å². The van der Waals surface area contributed by atoms with Crippen LogP contribution in [0.15, 0.2) is 108 Å². The van der Waals surface area contributed by atoms with Gasteiger partial charge in [-0.3, -0.25) is 13.9 Å². The van der Waals surface area contributed by atoms with Crippen molar-refractivity contribution in [3.63, 3.8) is 0 Å². The summed E-state index contributed by atoms with van der Waals surface area (Å²) in [6, 6.07) is 26.0. The van der Waals surface area contributed by atoms with Crippen LogP contribution in [-0.2, 0) is 32.6 Å². The largest absolute Gasteiger partial charge is 0.492 e. The minimum absolute atomic E-state index is 0.103. The predicted molar refractivity (Wildman–Crippen MR) is 169 cm³/mol. The third-order valence-corrected chi connectivity index (χ3v) is 8.96. The lowest BCUT2D eigenvalue weighted by Gasteiger charge is -2.34. The molecule has 11 heteroatoms. The second-order valence-electron chi connectivity index (χ2n) is 9.80. The number of amides is 2. The first-order valence-electron chi connectivity index (χ1n) is 13.9. The number of halogens is 2. The predicted octanol–water partition coefficient (Wildman–Crippen LogP) is 5.46. The van der Waals surface area contributed by atoms with Crippen molar-refractivity contribution in [2.45, 2.75) is 30.8 Å². The summed E-state index contributed by atoms with van der Waals surface area (Å²) in [4.78, 5) is 28.8. The van der Waals surface area contributed by atoms with Crippen LogP contribution in [0.5, 0.6) is 5.75 Å². The lowest BCUT2D eigenvalue weighted by atomic mass is 10.0. The van der Waals surface area contributed by atoms with Gasteiger partial charge in [0.2, 0.25) is 11.8 Å². The monoisotopic (exact) mass is 637 g/mol. The van der Waals surface area contributed by atoms with Gasteiger partial charge in [0.05, 0.1) is 17.2 Å². The topological polar surface area (TPSA) is 96.0 Å². The first-order chi connectivity index (χ1) is 21.1. The number of carbonyl (C=O) groups is 2. The summed E-state index contributed by atoms with van der Waals surface area (Å²) in [7, 11) is -2.91. The molecular formula is C33H33ClFN3O5S. The molecule has 0 saturated heterocycles. The average Bonchev–Trinajstić information content (AvgIpc) is 3.03. The van der Waals surface area contributed by atoms with Crippen LogP contribution in [0.4, 0.5) is 10.1 Å². The lowest BCUT2D eigenvalue weighted by Crippen LogP contribution is -2.53. The van der Waals surface area contributed by atoms with Crippen molar-refractivity contribution in [1.82, 2.24) is 10.2 Å². The van der Waals surface area contributed by atoms with E-state index in [-0.39, 0.29) is 41.5 Å². The van der Waals surface area contributed by atoms with Crippen molar-refractivity contribution in [2.24, 2.45) is 0 Å². The minimum Gasteiger partial charge on any atom is -0.492 e. The molecule has 1 N–H and O–H groups in total. The smallest absolute Gasteiger partial charge is 0.264 e. The van der Waals surface area contributed by atoms with E-state index in [9.17, 15) is 22.4 Å². The molecule has 4 aromatic rings. The van der Waals surface area contributed by atoms with Gasteiger partial charge in [-0.05, 0) is 55.0 Å². The van der Waals surface area contributed by atoms with Crippen molar-refractivity contribution in [3.05, 3.63) is 125 Å². The summed E-state index contributed by atoms with van der Waals surface area (Å²) in [5.41, 5.74) is 1.06. The molecule has 0 unspecified atom stereocenters. The second-order valence-corrected chi connectivity index (χ2v) is 12.1. The van der Waals surface area contributed by atoms with Gasteiger partial charge in [-0.15, -0.1) is 0 Å². The van der Waals surface area contributed by atoms with E-state index < -0.39 is 40.2 Å². The normalized spacial score (nSPS) is 11.8. The molecule has 1 atom stereocenters. The summed E-state index contributed by atoms with van der Waals surface area (Å²) in [5.74, 6) is -1.52. The fraction of sp³-hybridized carbons (Fsp3) is 0.212. The van der Waals surface area contributed by atoms with Crippen molar-refractivity contribution in [2.75, 3.05) is 24.5 Å². The van der Waals surface area contributed by atoms with Crippen LogP contribution in [0.3, 0.4) is 0 Å². The fourth-order valence-corrected chi connectivity index (χ4v) is 6.27. The van der Waals surface area contributed by atoms with Gasteiger partial charge in [-0.1, -0.05) is 72.3 Å². The molecule has 0 saturated carbocycles. The average molecular weight is 638 g/mol. The maximum atomic E-state index is 14.9. The number of nitrogens with one attached hydrogen (secondary N) is 1. The van der Waals surface area contributed by atoms with Gasteiger partial charge in [0.25, 0.3) is 10.0 Å². The maximum absolute atomic E-state index is 14.9. The number of anilines is 1. The molecule has 8 nitrogen and oxygen atoms in total. The molecule has 44 heavy (non-hydrogen) atoms. The Kier molecular flexibility index (Phi) is 11.0. The van der Waals surface area contributed by atoms with E-state index in [1.807, 2.05) is 30.3 Å². The zero-order valence-electron chi connectivity index (χ0n) is 24.3. The van der Waals surface area contributed by atoms with Gasteiger partial charge < -0.3 is 15.0 Å². The summed E-state index contributed by atoms with van der Waals surface area (Å²) in [5, 5.41) is 2.94. The molecule has 4 aromatic carbocycles.